The van der Waals surface area contributed by atoms with E-state index in [-0.39, 0.29) is 5.69 Å². The molecule has 1 heterocycles. The molecular formula is C24H28N6O3. The van der Waals surface area contributed by atoms with Crippen molar-refractivity contribution >= 4 is 29.4 Å². The minimum Gasteiger partial charge on any atom is -0.372 e. The van der Waals surface area contributed by atoms with Crippen LogP contribution in [-0.2, 0) is 16.6 Å². The van der Waals surface area contributed by atoms with Crippen LogP contribution in [0.4, 0.5) is 11.4 Å². The summed E-state index contributed by atoms with van der Waals surface area (Å²) < 4.78 is 3.04. The van der Waals surface area contributed by atoms with E-state index in [1.54, 1.807) is 30.8 Å². The van der Waals surface area contributed by atoms with E-state index < -0.39 is 17.4 Å². The number of rotatable bonds is 7. The summed E-state index contributed by atoms with van der Waals surface area (Å²) in [4.78, 5) is 39.6. The van der Waals surface area contributed by atoms with E-state index in [1.807, 2.05) is 42.5 Å². The summed E-state index contributed by atoms with van der Waals surface area (Å²) in [5, 5.41) is 6.25. The summed E-state index contributed by atoms with van der Waals surface area (Å²) in [7, 11) is 1.70. The minimum absolute atomic E-state index is 0.0393. The van der Waals surface area contributed by atoms with Gasteiger partial charge in [-0.2, -0.15) is 5.10 Å². The Labute approximate surface area is 192 Å². The van der Waals surface area contributed by atoms with Crippen LogP contribution in [0.5, 0.6) is 0 Å². The lowest BCUT2D eigenvalue weighted by molar-refractivity contribution is -0.136. The van der Waals surface area contributed by atoms with Crippen molar-refractivity contribution < 1.29 is 9.59 Å². The van der Waals surface area contributed by atoms with Crippen LogP contribution >= 0.6 is 0 Å². The summed E-state index contributed by atoms with van der Waals surface area (Å²) in [6.07, 6.45) is 1.45. The fourth-order valence-corrected chi connectivity index (χ4v) is 3.46. The SMILES string of the molecule is CCN(CC)c1ccc(/C=N/NC(=O)C(=O)Nc2c(C)n(C)n(-c3ccccc3)c2=O)cc1. The molecule has 0 aliphatic rings. The fourth-order valence-electron chi connectivity index (χ4n) is 3.46. The third-order valence-electron chi connectivity index (χ3n) is 5.40. The predicted molar refractivity (Wildman–Crippen MR) is 130 cm³/mol. The molecule has 2 N–H and O–H groups in total. The predicted octanol–water partition coefficient (Wildman–Crippen LogP) is 2.42. The van der Waals surface area contributed by atoms with Crippen molar-refractivity contribution in [1.82, 2.24) is 14.8 Å². The van der Waals surface area contributed by atoms with Crippen LogP contribution in [0, 0.1) is 6.92 Å². The Morgan fingerprint density at radius 2 is 1.64 bits per heavy atom. The van der Waals surface area contributed by atoms with Crippen molar-refractivity contribution in [1.29, 1.82) is 0 Å². The topological polar surface area (TPSA) is 101 Å². The van der Waals surface area contributed by atoms with Crippen molar-refractivity contribution in [3.63, 3.8) is 0 Å². The van der Waals surface area contributed by atoms with Gasteiger partial charge in [0.1, 0.15) is 5.69 Å². The van der Waals surface area contributed by atoms with Crippen molar-refractivity contribution in [2.24, 2.45) is 12.1 Å². The summed E-state index contributed by atoms with van der Waals surface area (Å²) in [5.74, 6) is -1.95. The van der Waals surface area contributed by atoms with Crippen LogP contribution in [-0.4, -0.2) is 40.5 Å². The Balaban J connectivity index is 1.66. The third-order valence-corrected chi connectivity index (χ3v) is 5.40. The summed E-state index contributed by atoms with van der Waals surface area (Å²) in [6.45, 7) is 7.69. The van der Waals surface area contributed by atoms with Crippen molar-refractivity contribution in [2.75, 3.05) is 23.3 Å². The zero-order valence-corrected chi connectivity index (χ0v) is 19.2. The van der Waals surface area contributed by atoms with Gasteiger partial charge >= 0.3 is 11.8 Å². The summed E-state index contributed by atoms with van der Waals surface area (Å²) in [5.41, 5.74) is 4.84. The van der Waals surface area contributed by atoms with Crippen LogP contribution in [0.1, 0.15) is 25.1 Å². The first kappa shape index (κ1) is 23.5. The van der Waals surface area contributed by atoms with Crippen molar-refractivity contribution in [3.8, 4) is 5.69 Å². The zero-order valence-electron chi connectivity index (χ0n) is 19.2. The molecule has 3 aromatic rings. The second-order valence-electron chi connectivity index (χ2n) is 7.35. The summed E-state index contributed by atoms with van der Waals surface area (Å²) in [6, 6.07) is 16.7. The Hall–Kier alpha value is -4.14. The standard InChI is InChI=1S/C24H28N6O3/c1-5-29(6-2)19-14-12-18(13-15-19)16-25-27-23(32)22(31)26-21-17(3)28(4)30(24(21)33)20-10-8-7-9-11-20/h7-16H,5-6H2,1-4H3,(H,26,31)(H,27,32)/b25-16+. The smallest absolute Gasteiger partial charge is 0.329 e. The molecule has 9 heteroatoms. The number of hydrogen-bond acceptors (Lipinski definition) is 5. The van der Waals surface area contributed by atoms with E-state index in [9.17, 15) is 14.4 Å². The van der Waals surface area contributed by atoms with Gasteiger partial charge in [-0.15, -0.1) is 0 Å². The van der Waals surface area contributed by atoms with E-state index in [1.165, 1.54) is 10.9 Å². The van der Waals surface area contributed by atoms with E-state index in [2.05, 4.69) is 34.6 Å². The highest BCUT2D eigenvalue weighted by atomic mass is 16.2. The Morgan fingerprint density at radius 3 is 2.24 bits per heavy atom. The third kappa shape index (κ3) is 5.20. The maximum absolute atomic E-state index is 12.8. The molecule has 0 spiro atoms. The molecule has 0 atom stereocenters. The van der Waals surface area contributed by atoms with Crippen LogP contribution in [0.25, 0.3) is 5.69 Å². The quantitative estimate of drug-likeness (QED) is 0.329. The van der Waals surface area contributed by atoms with E-state index >= 15 is 0 Å². The number of anilines is 2. The highest BCUT2D eigenvalue weighted by Crippen LogP contribution is 2.15. The van der Waals surface area contributed by atoms with E-state index in [4.69, 9.17) is 0 Å². The molecule has 0 radical (unpaired) electrons. The average Bonchev–Trinajstić information content (AvgIpc) is 3.04. The molecule has 0 aliphatic carbocycles. The maximum atomic E-state index is 12.8. The Morgan fingerprint density at radius 1 is 1.00 bits per heavy atom. The number of nitrogens with zero attached hydrogens (tertiary/aromatic N) is 4. The van der Waals surface area contributed by atoms with Gasteiger partial charge in [-0.3, -0.25) is 19.1 Å². The molecule has 0 fully saturated rings. The van der Waals surface area contributed by atoms with Gasteiger partial charge in [-0.25, -0.2) is 10.1 Å². The number of hydrazone groups is 1. The lowest BCUT2D eigenvalue weighted by Gasteiger charge is -2.20. The largest absolute Gasteiger partial charge is 0.372 e. The highest BCUT2D eigenvalue weighted by molar-refractivity contribution is 6.39. The van der Waals surface area contributed by atoms with Gasteiger partial charge in [-0.1, -0.05) is 30.3 Å². The van der Waals surface area contributed by atoms with Gasteiger partial charge in [0.15, 0.2) is 0 Å². The number of aromatic nitrogens is 2. The Bertz CT molecular complexity index is 1210. The van der Waals surface area contributed by atoms with Crippen LogP contribution in [0.3, 0.4) is 0 Å². The number of para-hydroxylation sites is 1. The van der Waals surface area contributed by atoms with Crippen molar-refractivity contribution in [2.45, 2.75) is 20.8 Å². The molecule has 0 aliphatic heterocycles. The van der Waals surface area contributed by atoms with Gasteiger partial charge in [0.25, 0.3) is 5.56 Å². The number of benzene rings is 2. The second-order valence-corrected chi connectivity index (χ2v) is 7.35. The lowest BCUT2D eigenvalue weighted by atomic mass is 10.2. The molecule has 33 heavy (non-hydrogen) atoms. The molecule has 0 unspecified atom stereocenters. The normalized spacial score (nSPS) is 10.9. The Kier molecular flexibility index (Phi) is 7.45. The lowest BCUT2D eigenvalue weighted by Crippen LogP contribution is -2.34. The van der Waals surface area contributed by atoms with Crippen molar-refractivity contribution in [3.05, 3.63) is 76.2 Å². The molecule has 1 aromatic heterocycles. The minimum atomic E-state index is -0.977. The van der Waals surface area contributed by atoms with Gasteiger partial charge in [0.2, 0.25) is 0 Å². The summed E-state index contributed by atoms with van der Waals surface area (Å²) >= 11 is 0. The average molecular weight is 449 g/mol. The van der Waals surface area contributed by atoms with E-state index in [0.717, 1.165) is 24.3 Å². The molecule has 2 amide bonds. The molecule has 0 saturated heterocycles. The molecule has 3 rings (SSSR count). The van der Waals surface area contributed by atoms with Crippen LogP contribution in [0.2, 0.25) is 0 Å². The number of amides is 2. The van der Waals surface area contributed by atoms with Gasteiger partial charge in [-0.05, 0) is 50.6 Å². The molecular weight excluding hydrogens is 420 g/mol. The number of hydrogen-bond donors (Lipinski definition) is 2. The van der Waals surface area contributed by atoms with Crippen LogP contribution in [0.15, 0.2) is 64.5 Å². The first-order chi connectivity index (χ1) is 15.9. The molecule has 9 nitrogen and oxygen atoms in total. The fraction of sp³-hybridized carbons (Fsp3) is 0.250. The van der Waals surface area contributed by atoms with Gasteiger partial charge in [0, 0.05) is 25.8 Å². The second kappa shape index (κ2) is 10.4. The first-order valence-corrected chi connectivity index (χ1v) is 10.7. The van der Waals surface area contributed by atoms with Crippen LogP contribution < -0.4 is 21.2 Å². The molecule has 0 bridgehead atoms. The van der Waals surface area contributed by atoms with Gasteiger partial charge in [0.05, 0.1) is 17.6 Å². The molecule has 0 saturated carbocycles. The number of nitrogens with one attached hydrogen (secondary N) is 2. The molecule has 2 aromatic carbocycles. The number of carbonyl (C=O) groups is 2. The molecule has 172 valence electrons. The highest BCUT2D eigenvalue weighted by Gasteiger charge is 2.21. The number of carbonyl (C=O) groups excluding carboxylic acids is 2. The zero-order chi connectivity index (χ0) is 24.0. The van der Waals surface area contributed by atoms with E-state index in [0.29, 0.717) is 11.4 Å². The monoisotopic (exact) mass is 448 g/mol. The first-order valence-electron chi connectivity index (χ1n) is 10.7. The maximum Gasteiger partial charge on any atom is 0.329 e. The van der Waals surface area contributed by atoms with Gasteiger partial charge < -0.3 is 10.2 Å².